The zero-order valence-electron chi connectivity index (χ0n) is 11.7. The molecular formula is C14H19F2NO4. The Morgan fingerprint density at radius 1 is 1.43 bits per heavy atom. The number of rotatable bonds is 6. The van der Waals surface area contributed by atoms with Crippen LogP contribution in [0.5, 0.6) is 11.5 Å². The minimum absolute atomic E-state index is 0.116. The van der Waals surface area contributed by atoms with Crippen LogP contribution in [-0.2, 0) is 4.74 Å². The molecule has 0 amide bonds. The highest BCUT2D eigenvalue weighted by molar-refractivity contribution is 5.44. The third kappa shape index (κ3) is 3.25. The van der Waals surface area contributed by atoms with E-state index in [2.05, 4.69) is 4.74 Å². The third-order valence-electron chi connectivity index (χ3n) is 3.84. The number of hydrogen-bond acceptors (Lipinski definition) is 5. The SMILES string of the molecule is COc1ccc(C(O)C2(CN)CCOC2)cc1OC(F)F. The second-order valence-corrected chi connectivity index (χ2v) is 5.06. The quantitative estimate of drug-likeness (QED) is 0.836. The molecule has 0 aliphatic carbocycles. The summed E-state index contributed by atoms with van der Waals surface area (Å²) in [6.07, 6.45) is -0.308. The number of alkyl halides is 2. The van der Waals surface area contributed by atoms with E-state index in [1.807, 2.05) is 0 Å². The Morgan fingerprint density at radius 2 is 2.19 bits per heavy atom. The van der Waals surface area contributed by atoms with Gasteiger partial charge in [-0.25, -0.2) is 0 Å². The lowest BCUT2D eigenvalue weighted by molar-refractivity contribution is -0.0515. The molecule has 0 bridgehead atoms. The normalized spacial score (nSPS) is 23.3. The lowest BCUT2D eigenvalue weighted by Crippen LogP contribution is -2.37. The molecule has 118 valence electrons. The van der Waals surface area contributed by atoms with Gasteiger partial charge in [-0.1, -0.05) is 6.07 Å². The van der Waals surface area contributed by atoms with Crippen LogP contribution >= 0.6 is 0 Å². The zero-order valence-corrected chi connectivity index (χ0v) is 11.7. The van der Waals surface area contributed by atoms with Crippen molar-refractivity contribution in [2.75, 3.05) is 26.9 Å². The first-order chi connectivity index (χ1) is 10.0. The number of ether oxygens (including phenoxy) is 3. The summed E-state index contributed by atoms with van der Waals surface area (Å²) in [6.45, 7) is -1.87. The fraction of sp³-hybridized carbons (Fsp3) is 0.571. The van der Waals surface area contributed by atoms with Gasteiger partial charge in [0.2, 0.25) is 0 Å². The smallest absolute Gasteiger partial charge is 0.387 e. The Labute approximate surface area is 121 Å². The average molecular weight is 303 g/mol. The maximum absolute atomic E-state index is 12.4. The van der Waals surface area contributed by atoms with Crippen molar-refractivity contribution in [3.63, 3.8) is 0 Å². The lowest BCUT2D eigenvalue weighted by atomic mass is 9.78. The van der Waals surface area contributed by atoms with Crippen molar-refractivity contribution in [2.24, 2.45) is 11.1 Å². The second kappa shape index (κ2) is 6.55. The van der Waals surface area contributed by atoms with Gasteiger partial charge in [-0.3, -0.25) is 0 Å². The predicted octanol–water partition coefficient (Wildman–Crippen LogP) is 1.70. The van der Waals surface area contributed by atoms with Gasteiger partial charge in [-0.05, 0) is 24.1 Å². The fourth-order valence-electron chi connectivity index (χ4n) is 2.52. The highest BCUT2D eigenvalue weighted by Crippen LogP contribution is 2.42. The minimum atomic E-state index is -2.97. The van der Waals surface area contributed by atoms with E-state index >= 15 is 0 Å². The standard InChI is InChI=1S/C14H19F2NO4/c1-19-10-3-2-9(6-11(10)21-13(15)16)12(18)14(7-17)4-5-20-8-14/h2-3,6,12-13,18H,4-5,7-8,17H2,1H3. The number of hydrogen-bond donors (Lipinski definition) is 2. The van der Waals surface area contributed by atoms with E-state index in [0.29, 0.717) is 25.2 Å². The molecule has 1 aliphatic rings. The van der Waals surface area contributed by atoms with E-state index in [1.165, 1.54) is 19.2 Å². The first kappa shape index (κ1) is 15.9. The molecule has 3 N–H and O–H groups in total. The van der Waals surface area contributed by atoms with E-state index in [0.717, 1.165) is 0 Å². The molecule has 2 atom stereocenters. The van der Waals surface area contributed by atoms with Gasteiger partial charge in [0, 0.05) is 18.6 Å². The molecule has 7 heteroatoms. The van der Waals surface area contributed by atoms with Gasteiger partial charge in [0.15, 0.2) is 11.5 Å². The van der Waals surface area contributed by atoms with Crippen LogP contribution in [0.4, 0.5) is 8.78 Å². The summed E-state index contributed by atoms with van der Waals surface area (Å²) in [5.74, 6) is 0.0610. The molecule has 0 radical (unpaired) electrons. The monoisotopic (exact) mass is 303 g/mol. The highest BCUT2D eigenvalue weighted by Gasteiger charge is 2.41. The van der Waals surface area contributed by atoms with Crippen LogP contribution in [0.25, 0.3) is 0 Å². The summed E-state index contributed by atoms with van der Waals surface area (Å²) in [7, 11) is 1.36. The van der Waals surface area contributed by atoms with Crippen LogP contribution in [0.2, 0.25) is 0 Å². The zero-order chi connectivity index (χ0) is 15.5. The third-order valence-corrected chi connectivity index (χ3v) is 3.84. The molecule has 5 nitrogen and oxygen atoms in total. The van der Waals surface area contributed by atoms with Crippen LogP contribution < -0.4 is 15.2 Å². The van der Waals surface area contributed by atoms with Crippen molar-refractivity contribution in [3.05, 3.63) is 23.8 Å². The minimum Gasteiger partial charge on any atom is -0.493 e. The number of nitrogens with two attached hydrogens (primary N) is 1. The molecule has 1 fully saturated rings. The summed E-state index contributed by atoms with van der Waals surface area (Å²) in [6, 6.07) is 4.44. The molecule has 2 rings (SSSR count). The van der Waals surface area contributed by atoms with Gasteiger partial charge >= 0.3 is 6.61 Å². The van der Waals surface area contributed by atoms with Gasteiger partial charge in [-0.2, -0.15) is 8.78 Å². The molecule has 1 aromatic rings. The van der Waals surface area contributed by atoms with Gasteiger partial charge in [0.1, 0.15) is 0 Å². The summed E-state index contributed by atoms with van der Waals surface area (Å²) in [5, 5.41) is 10.5. The average Bonchev–Trinajstić information content (AvgIpc) is 2.96. The molecule has 0 saturated carbocycles. The maximum atomic E-state index is 12.4. The van der Waals surface area contributed by atoms with E-state index in [4.69, 9.17) is 15.2 Å². The molecule has 0 spiro atoms. The number of aliphatic hydroxyl groups is 1. The van der Waals surface area contributed by atoms with Gasteiger partial charge in [-0.15, -0.1) is 0 Å². The predicted molar refractivity (Wildman–Crippen MR) is 71.5 cm³/mol. The van der Waals surface area contributed by atoms with Crippen molar-refractivity contribution in [1.29, 1.82) is 0 Å². The van der Waals surface area contributed by atoms with Crippen molar-refractivity contribution >= 4 is 0 Å². The number of benzene rings is 1. The molecule has 2 unspecified atom stereocenters. The Kier molecular flexibility index (Phi) is 4.97. The molecule has 1 heterocycles. The van der Waals surface area contributed by atoms with Crippen LogP contribution in [0.3, 0.4) is 0 Å². The van der Waals surface area contributed by atoms with Crippen molar-refractivity contribution in [3.8, 4) is 11.5 Å². The van der Waals surface area contributed by atoms with E-state index in [-0.39, 0.29) is 18.0 Å². The first-order valence-electron chi connectivity index (χ1n) is 6.61. The lowest BCUT2D eigenvalue weighted by Gasteiger charge is -2.31. The van der Waals surface area contributed by atoms with Crippen LogP contribution in [-0.4, -0.2) is 38.6 Å². The van der Waals surface area contributed by atoms with Crippen LogP contribution in [0.15, 0.2) is 18.2 Å². The Bertz CT molecular complexity index is 478. The maximum Gasteiger partial charge on any atom is 0.387 e. The molecule has 1 aliphatic heterocycles. The first-order valence-corrected chi connectivity index (χ1v) is 6.61. The van der Waals surface area contributed by atoms with Crippen molar-refractivity contribution in [1.82, 2.24) is 0 Å². The molecule has 1 saturated heterocycles. The highest BCUT2D eigenvalue weighted by atomic mass is 19.3. The number of aliphatic hydroxyl groups excluding tert-OH is 1. The van der Waals surface area contributed by atoms with Gasteiger partial charge < -0.3 is 25.1 Å². The second-order valence-electron chi connectivity index (χ2n) is 5.06. The van der Waals surface area contributed by atoms with E-state index in [1.54, 1.807) is 6.07 Å². The van der Waals surface area contributed by atoms with E-state index < -0.39 is 18.1 Å². The van der Waals surface area contributed by atoms with E-state index in [9.17, 15) is 13.9 Å². The Morgan fingerprint density at radius 3 is 2.71 bits per heavy atom. The van der Waals surface area contributed by atoms with Crippen LogP contribution in [0, 0.1) is 5.41 Å². The van der Waals surface area contributed by atoms with Crippen molar-refractivity contribution in [2.45, 2.75) is 19.1 Å². The Balaban J connectivity index is 2.30. The Hall–Kier alpha value is -1.44. The van der Waals surface area contributed by atoms with Crippen LogP contribution in [0.1, 0.15) is 18.1 Å². The largest absolute Gasteiger partial charge is 0.493 e. The van der Waals surface area contributed by atoms with Gasteiger partial charge in [0.25, 0.3) is 0 Å². The van der Waals surface area contributed by atoms with Crippen molar-refractivity contribution < 1.29 is 28.1 Å². The molecular weight excluding hydrogens is 284 g/mol. The summed E-state index contributed by atoms with van der Waals surface area (Å²) in [4.78, 5) is 0. The fourth-order valence-corrected chi connectivity index (χ4v) is 2.52. The summed E-state index contributed by atoms with van der Waals surface area (Å²) >= 11 is 0. The number of methoxy groups -OCH3 is 1. The topological polar surface area (TPSA) is 73.9 Å². The number of halogens is 2. The van der Waals surface area contributed by atoms with Gasteiger partial charge in [0.05, 0.1) is 19.8 Å². The molecule has 21 heavy (non-hydrogen) atoms. The summed E-state index contributed by atoms with van der Waals surface area (Å²) in [5.41, 5.74) is 5.61. The molecule has 1 aromatic carbocycles. The molecule has 0 aromatic heterocycles. The summed E-state index contributed by atoms with van der Waals surface area (Å²) < 4.78 is 39.6.